The molecule has 5 nitrogen and oxygen atoms in total. The zero-order chi connectivity index (χ0) is 21.3. The van der Waals surface area contributed by atoms with E-state index in [1.54, 1.807) is 0 Å². The van der Waals surface area contributed by atoms with Gasteiger partial charge in [-0.3, -0.25) is 4.84 Å². The molecule has 0 atom stereocenters. The van der Waals surface area contributed by atoms with Crippen LogP contribution in [0.15, 0.2) is 0 Å². The third-order valence-electron chi connectivity index (χ3n) is 6.25. The van der Waals surface area contributed by atoms with Crippen LogP contribution in [0.3, 0.4) is 0 Å². The molecule has 0 bridgehead atoms. The molecule has 0 spiro atoms. The van der Waals surface area contributed by atoms with Gasteiger partial charge < -0.3 is 14.2 Å². The van der Waals surface area contributed by atoms with Gasteiger partial charge in [0.15, 0.2) is 0 Å². The van der Waals surface area contributed by atoms with E-state index in [-0.39, 0.29) is 26.5 Å². The fraction of sp³-hybridized carbons (Fsp3) is 1.00. The van der Waals surface area contributed by atoms with Crippen LogP contribution in [0.1, 0.15) is 92.9 Å². The van der Waals surface area contributed by atoms with Crippen molar-refractivity contribution in [2.45, 2.75) is 128 Å². The van der Waals surface area contributed by atoms with Crippen LogP contribution in [0.25, 0.3) is 0 Å². The summed E-state index contributed by atoms with van der Waals surface area (Å²) in [4.78, 5) is 6.58. The molecule has 6 heteroatoms. The maximum absolute atomic E-state index is 6.58. The highest BCUT2D eigenvalue weighted by atomic mass is 28.2. The van der Waals surface area contributed by atoms with Gasteiger partial charge in [-0.1, -0.05) is 25.3 Å². The normalized spacial score (nSPS) is 24.1. The smallest absolute Gasteiger partial charge is 0.134 e. The summed E-state index contributed by atoms with van der Waals surface area (Å²) in [6, 6.07) is 1.21. The standard InChI is InChI=1S/C23H47NO4Si/c1-7-25-21(26-8-2)29-16-12-15-27-20-17-22(3,4)24(23(5,6)18-20)28-19-13-10-9-11-14-19/h19-21H,7-18,29H2,1-6H3. The third kappa shape index (κ3) is 8.23. The van der Waals surface area contributed by atoms with Crippen molar-refractivity contribution in [3.63, 3.8) is 0 Å². The molecule has 0 N–H and O–H groups in total. The summed E-state index contributed by atoms with van der Waals surface area (Å²) in [5.41, 5.74) is -0.0126. The van der Waals surface area contributed by atoms with E-state index < -0.39 is 0 Å². The number of hydrogen-bond donors (Lipinski definition) is 0. The highest BCUT2D eigenvalue weighted by Gasteiger charge is 2.47. The van der Waals surface area contributed by atoms with E-state index in [1.165, 1.54) is 38.1 Å². The summed E-state index contributed by atoms with van der Waals surface area (Å²) in [6.07, 6.45) is 10.3. The summed E-state index contributed by atoms with van der Waals surface area (Å²) in [6.45, 7) is 15.7. The zero-order valence-corrected chi connectivity index (χ0v) is 21.4. The minimum Gasteiger partial charge on any atom is -0.378 e. The van der Waals surface area contributed by atoms with E-state index in [4.69, 9.17) is 19.0 Å². The molecule has 1 heterocycles. The number of rotatable bonds is 12. The molecule has 2 aliphatic rings. The van der Waals surface area contributed by atoms with E-state index in [0.717, 1.165) is 39.1 Å². The molecule has 1 saturated carbocycles. The van der Waals surface area contributed by atoms with Crippen LogP contribution in [-0.4, -0.2) is 63.6 Å². The predicted octanol–water partition coefficient (Wildman–Crippen LogP) is 4.62. The summed E-state index contributed by atoms with van der Waals surface area (Å²) in [5.74, 6) is 0.0723. The van der Waals surface area contributed by atoms with Gasteiger partial charge in [-0.2, -0.15) is 5.06 Å². The molecule has 1 aliphatic carbocycles. The van der Waals surface area contributed by atoms with Gasteiger partial charge in [0.1, 0.15) is 5.91 Å². The fourth-order valence-electron chi connectivity index (χ4n) is 5.14. The molecule has 2 fully saturated rings. The van der Waals surface area contributed by atoms with Gasteiger partial charge in [0.2, 0.25) is 0 Å². The highest BCUT2D eigenvalue weighted by molar-refractivity contribution is 6.36. The van der Waals surface area contributed by atoms with Crippen molar-refractivity contribution >= 4 is 9.52 Å². The van der Waals surface area contributed by atoms with Crippen LogP contribution in [0.4, 0.5) is 0 Å². The molecule has 0 radical (unpaired) electrons. The Labute approximate surface area is 181 Å². The quantitative estimate of drug-likeness (QED) is 0.257. The Hall–Kier alpha value is 0.0169. The van der Waals surface area contributed by atoms with Crippen LogP contribution in [-0.2, 0) is 19.0 Å². The summed E-state index contributed by atoms with van der Waals surface area (Å²) < 4.78 is 17.7. The van der Waals surface area contributed by atoms with Crippen LogP contribution in [0.5, 0.6) is 0 Å². The van der Waals surface area contributed by atoms with E-state index in [1.807, 2.05) is 13.8 Å². The zero-order valence-electron chi connectivity index (χ0n) is 20.0. The molecule has 1 aliphatic heterocycles. The lowest BCUT2D eigenvalue weighted by atomic mass is 9.80. The largest absolute Gasteiger partial charge is 0.378 e. The molecular weight excluding hydrogens is 382 g/mol. The third-order valence-corrected chi connectivity index (χ3v) is 8.10. The fourth-order valence-corrected chi connectivity index (χ4v) is 6.77. The molecule has 29 heavy (non-hydrogen) atoms. The van der Waals surface area contributed by atoms with E-state index >= 15 is 0 Å². The van der Waals surface area contributed by atoms with E-state index in [9.17, 15) is 0 Å². The van der Waals surface area contributed by atoms with Gasteiger partial charge in [-0.25, -0.2) is 0 Å². The second-order valence-electron chi connectivity index (χ2n) is 10.0. The Morgan fingerprint density at radius 3 is 2.03 bits per heavy atom. The second kappa shape index (κ2) is 12.2. The van der Waals surface area contributed by atoms with Crippen molar-refractivity contribution in [2.24, 2.45) is 0 Å². The second-order valence-corrected chi connectivity index (χ2v) is 12.0. The van der Waals surface area contributed by atoms with Crippen LogP contribution < -0.4 is 0 Å². The Morgan fingerprint density at radius 1 is 0.897 bits per heavy atom. The number of nitrogens with zero attached hydrogens (tertiary/aromatic N) is 1. The molecular formula is C23H47NO4Si. The Morgan fingerprint density at radius 2 is 1.48 bits per heavy atom. The summed E-state index contributed by atoms with van der Waals surface area (Å²) >= 11 is 0. The van der Waals surface area contributed by atoms with Gasteiger partial charge in [0.25, 0.3) is 0 Å². The first-order valence-electron chi connectivity index (χ1n) is 12.1. The number of hydrogen-bond acceptors (Lipinski definition) is 5. The molecule has 2 rings (SSSR count). The van der Waals surface area contributed by atoms with Gasteiger partial charge >= 0.3 is 0 Å². The number of ether oxygens (including phenoxy) is 3. The van der Waals surface area contributed by atoms with Gasteiger partial charge in [0.05, 0.1) is 21.7 Å². The Kier molecular flexibility index (Phi) is 10.6. The monoisotopic (exact) mass is 429 g/mol. The molecule has 0 unspecified atom stereocenters. The summed E-state index contributed by atoms with van der Waals surface area (Å²) in [7, 11) is -0.366. The molecule has 0 amide bonds. The Bertz CT molecular complexity index is 430. The molecule has 172 valence electrons. The van der Waals surface area contributed by atoms with Crippen molar-refractivity contribution in [3.8, 4) is 0 Å². The van der Waals surface area contributed by atoms with Gasteiger partial charge in [-0.15, -0.1) is 0 Å². The van der Waals surface area contributed by atoms with Gasteiger partial charge in [0, 0.05) is 30.9 Å². The summed E-state index contributed by atoms with van der Waals surface area (Å²) in [5, 5.41) is 2.32. The number of piperidine rings is 1. The Balaban J connectivity index is 1.76. The highest BCUT2D eigenvalue weighted by Crippen LogP contribution is 2.41. The molecule has 1 saturated heterocycles. The lowest BCUT2D eigenvalue weighted by Crippen LogP contribution is -2.62. The van der Waals surface area contributed by atoms with Crippen LogP contribution in [0.2, 0.25) is 6.04 Å². The average Bonchev–Trinajstić information content (AvgIpc) is 2.65. The first-order valence-corrected chi connectivity index (χ1v) is 13.9. The van der Waals surface area contributed by atoms with Crippen molar-refractivity contribution in [3.05, 3.63) is 0 Å². The minimum atomic E-state index is -0.366. The first kappa shape index (κ1) is 25.3. The topological polar surface area (TPSA) is 40.2 Å². The van der Waals surface area contributed by atoms with Crippen molar-refractivity contribution in [1.29, 1.82) is 0 Å². The van der Waals surface area contributed by atoms with E-state index in [0.29, 0.717) is 12.2 Å². The predicted molar refractivity (Wildman–Crippen MR) is 122 cm³/mol. The minimum absolute atomic E-state index is 0.00631. The SMILES string of the molecule is CCOC(OCC)[SiH2]CCCOC1CC(C)(C)N(OC2CCCCC2)C(C)(C)C1. The van der Waals surface area contributed by atoms with Crippen LogP contribution >= 0.6 is 0 Å². The van der Waals surface area contributed by atoms with Crippen LogP contribution in [0, 0.1) is 0 Å². The first-order chi connectivity index (χ1) is 13.8. The molecule has 0 aromatic rings. The lowest BCUT2D eigenvalue weighted by Gasteiger charge is -2.54. The maximum atomic E-state index is 6.58. The van der Waals surface area contributed by atoms with E-state index in [2.05, 4.69) is 32.8 Å². The average molecular weight is 430 g/mol. The lowest BCUT2D eigenvalue weighted by molar-refractivity contribution is -0.319. The van der Waals surface area contributed by atoms with Crippen molar-refractivity contribution in [2.75, 3.05) is 19.8 Å². The maximum Gasteiger partial charge on any atom is 0.134 e. The van der Waals surface area contributed by atoms with Gasteiger partial charge in [-0.05, 0) is 73.6 Å². The molecule has 0 aromatic carbocycles. The van der Waals surface area contributed by atoms with Crippen molar-refractivity contribution in [1.82, 2.24) is 5.06 Å². The molecule has 0 aromatic heterocycles. The number of hydroxylamine groups is 2. The van der Waals surface area contributed by atoms with Crippen molar-refractivity contribution < 1.29 is 19.0 Å².